The third-order valence-corrected chi connectivity index (χ3v) is 10.1. The lowest BCUT2D eigenvalue weighted by Crippen LogP contribution is -2.65. The molecule has 0 radical (unpaired) electrons. The third kappa shape index (κ3) is 2.38. The lowest BCUT2D eigenvalue weighted by Gasteiger charge is -2.66. The predicted octanol–water partition coefficient (Wildman–Crippen LogP) is 4.53. The number of rotatable bonds is 5. The lowest BCUT2D eigenvalue weighted by molar-refractivity contribution is -0.247. The van der Waals surface area contributed by atoms with Gasteiger partial charge in [0.2, 0.25) is 5.91 Å². The van der Waals surface area contributed by atoms with Gasteiger partial charge in [-0.15, -0.1) is 0 Å². The Morgan fingerprint density at radius 1 is 1.00 bits per heavy atom. The van der Waals surface area contributed by atoms with E-state index in [4.69, 9.17) is 4.74 Å². The maximum atomic E-state index is 13.6. The minimum atomic E-state index is -0.425. The van der Waals surface area contributed by atoms with Gasteiger partial charge in [0, 0.05) is 11.8 Å². The first-order chi connectivity index (χ1) is 13.8. The number of ether oxygens (including phenoxy) is 1. The van der Waals surface area contributed by atoms with E-state index < -0.39 is 5.41 Å². The van der Waals surface area contributed by atoms with Gasteiger partial charge in [-0.1, -0.05) is 32.8 Å². The number of hydrogen-bond acceptors (Lipinski definition) is 3. The standard InChI is InChI=1S/C25H35NO3/c1-3-20(27)26-24-14-23(24,15-24)21(28)29-25(17-7-5-4-6-8-17)18-9-16-10-19(25)13-22(2,11-16)12-18/h3,16-19H,1,4-15H2,2H3,(H,26,27). The van der Waals surface area contributed by atoms with Crippen LogP contribution in [0.25, 0.3) is 0 Å². The van der Waals surface area contributed by atoms with E-state index in [1.165, 1.54) is 70.3 Å². The molecule has 7 rings (SSSR count). The Hall–Kier alpha value is -1.32. The van der Waals surface area contributed by atoms with Gasteiger partial charge in [-0.25, -0.2) is 0 Å². The summed E-state index contributed by atoms with van der Waals surface area (Å²) in [4.78, 5) is 25.4. The molecule has 0 saturated heterocycles. The molecule has 29 heavy (non-hydrogen) atoms. The molecule has 1 amide bonds. The highest BCUT2D eigenvalue weighted by atomic mass is 16.6. The highest BCUT2D eigenvalue weighted by Gasteiger charge is 2.89. The van der Waals surface area contributed by atoms with Gasteiger partial charge in [-0.05, 0) is 81.1 Å². The second kappa shape index (κ2) is 5.68. The molecule has 4 bridgehead atoms. The van der Waals surface area contributed by atoms with Crippen LogP contribution in [0.3, 0.4) is 0 Å². The molecule has 2 atom stereocenters. The Bertz CT molecular complexity index is 757. The van der Waals surface area contributed by atoms with E-state index >= 15 is 0 Å². The van der Waals surface area contributed by atoms with Crippen molar-refractivity contribution in [2.24, 2.45) is 34.5 Å². The number of nitrogens with one attached hydrogen (secondary N) is 1. The molecule has 0 aromatic heterocycles. The maximum Gasteiger partial charge on any atom is 0.315 e. The molecule has 7 fully saturated rings. The summed E-state index contributed by atoms with van der Waals surface area (Å²) in [5.74, 6) is 2.34. The molecule has 0 spiro atoms. The van der Waals surface area contributed by atoms with E-state index in [9.17, 15) is 9.59 Å². The molecule has 2 unspecified atom stereocenters. The smallest absolute Gasteiger partial charge is 0.315 e. The van der Waals surface area contributed by atoms with Crippen LogP contribution in [0.1, 0.15) is 84.0 Å². The summed E-state index contributed by atoms with van der Waals surface area (Å²) in [5, 5.41) is 3.02. The summed E-state index contributed by atoms with van der Waals surface area (Å²) in [6, 6.07) is 0. The monoisotopic (exact) mass is 397 g/mol. The summed E-state index contributed by atoms with van der Waals surface area (Å²) < 4.78 is 6.79. The van der Waals surface area contributed by atoms with Crippen molar-refractivity contribution in [2.45, 2.75) is 95.1 Å². The van der Waals surface area contributed by atoms with Crippen LogP contribution >= 0.6 is 0 Å². The zero-order chi connectivity index (χ0) is 20.1. The summed E-state index contributed by atoms with van der Waals surface area (Å²) >= 11 is 0. The fourth-order valence-electron chi connectivity index (χ4n) is 8.85. The first kappa shape index (κ1) is 18.4. The average molecular weight is 398 g/mol. The van der Waals surface area contributed by atoms with Gasteiger partial charge in [0.1, 0.15) is 5.60 Å². The van der Waals surface area contributed by atoms with E-state index in [0.717, 1.165) is 18.8 Å². The highest BCUT2D eigenvalue weighted by molar-refractivity contribution is 5.95. The van der Waals surface area contributed by atoms with Gasteiger partial charge >= 0.3 is 5.97 Å². The van der Waals surface area contributed by atoms with Crippen LogP contribution < -0.4 is 5.32 Å². The molecule has 158 valence electrons. The van der Waals surface area contributed by atoms with Gasteiger partial charge in [0.25, 0.3) is 0 Å². The molecular formula is C25H35NO3. The summed E-state index contributed by atoms with van der Waals surface area (Å²) in [6.07, 6.45) is 15.6. The van der Waals surface area contributed by atoms with Crippen molar-refractivity contribution < 1.29 is 14.3 Å². The SMILES string of the molecule is C=CC(=O)NC12CC1(C(=O)OC1(C3CCCCC3)C3CC4CC1CC(C)(C4)C3)C2. The van der Waals surface area contributed by atoms with E-state index in [2.05, 4.69) is 18.8 Å². The number of carbonyl (C=O) groups is 2. The van der Waals surface area contributed by atoms with Crippen molar-refractivity contribution in [3.63, 3.8) is 0 Å². The Labute approximate surface area is 174 Å². The first-order valence-corrected chi connectivity index (χ1v) is 12.0. The van der Waals surface area contributed by atoms with Crippen molar-refractivity contribution in [2.75, 3.05) is 0 Å². The molecule has 0 aromatic rings. The lowest BCUT2D eigenvalue weighted by atomic mass is 9.42. The molecule has 7 saturated carbocycles. The summed E-state index contributed by atoms with van der Waals surface area (Å²) in [5.41, 5.74) is -0.491. The van der Waals surface area contributed by atoms with Crippen LogP contribution in [0.15, 0.2) is 12.7 Å². The second-order valence-corrected chi connectivity index (χ2v) is 11.9. The van der Waals surface area contributed by atoms with Gasteiger partial charge in [-0.3, -0.25) is 9.59 Å². The third-order valence-electron chi connectivity index (χ3n) is 10.1. The zero-order valence-electron chi connectivity index (χ0n) is 17.8. The van der Waals surface area contributed by atoms with Crippen molar-refractivity contribution in [3.05, 3.63) is 12.7 Å². The Balaban J connectivity index is 1.29. The molecule has 7 aliphatic carbocycles. The molecule has 4 heteroatoms. The Morgan fingerprint density at radius 2 is 1.66 bits per heavy atom. The minimum Gasteiger partial charge on any atom is -0.458 e. The fraction of sp³-hybridized carbons (Fsp3) is 0.840. The number of hydrogen-bond donors (Lipinski definition) is 1. The minimum absolute atomic E-state index is 0.00469. The van der Waals surface area contributed by atoms with Crippen molar-refractivity contribution in [3.8, 4) is 0 Å². The van der Waals surface area contributed by atoms with Gasteiger partial charge in [0.15, 0.2) is 0 Å². The largest absolute Gasteiger partial charge is 0.458 e. The quantitative estimate of drug-likeness (QED) is 0.548. The average Bonchev–Trinajstić information content (AvgIpc) is 3.51. The van der Waals surface area contributed by atoms with Gasteiger partial charge in [-0.2, -0.15) is 0 Å². The van der Waals surface area contributed by atoms with Crippen LogP contribution in [0.4, 0.5) is 0 Å². The number of amides is 1. The van der Waals surface area contributed by atoms with Crippen molar-refractivity contribution in [1.29, 1.82) is 0 Å². The van der Waals surface area contributed by atoms with Gasteiger partial charge in [0.05, 0.1) is 11.0 Å². The normalized spacial score (nSPS) is 51.8. The highest BCUT2D eigenvalue weighted by Crippen LogP contribution is 2.80. The molecular weight excluding hydrogens is 362 g/mol. The number of esters is 1. The molecule has 0 aliphatic heterocycles. The summed E-state index contributed by atoms with van der Waals surface area (Å²) in [7, 11) is 0. The zero-order valence-corrected chi connectivity index (χ0v) is 17.8. The first-order valence-electron chi connectivity index (χ1n) is 12.0. The van der Waals surface area contributed by atoms with Crippen LogP contribution in [-0.4, -0.2) is 23.0 Å². The van der Waals surface area contributed by atoms with Crippen molar-refractivity contribution in [1.82, 2.24) is 5.32 Å². The molecule has 0 aromatic carbocycles. The van der Waals surface area contributed by atoms with E-state index in [0.29, 0.717) is 23.2 Å². The molecule has 4 nitrogen and oxygen atoms in total. The fourth-order valence-corrected chi connectivity index (χ4v) is 8.85. The van der Waals surface area contributed by atoms with Crippen molar-refractivity contribution >= 4 is 11.9 Å². The number of fused-ring (bicyclic) bond motifs is 1. The van der Waals surface area contributed by atoms with E-state index in [-0.39, 0.29) is 23.0 Å². The maximum absolute atomic E-state index is 13.6. The van der Waals surface area contributed by atoms with Crippen LogP contribution in [0.5, 0.6) is 0 Å². The van der Waals surface area contributed by atoms with E-state index in [1.54, 1.807) is 0 Å². The Morgan fingerprint density at radius 3 is 2.24 bits per heavy atom. The molecule has 1 N–H and O–H groups in total. The second-order valence-electron chi connectivity index (χ2n) is 11.9. The van der Waals surface area contributed by atoms with Gasteiger partial charge < -0.3 is 10.1 Å². The Kier molecular flexibility index (Phi) is 3.61. The predicted molar refractivity (Wildman–Crippen MR) is 110 cm³/mol. The van der Waals surface area contributed by atoms with Crippen LogP contribution in [0, 0.1) is 34.5 Å². The van der Waals surface area contributed by atoms with Crippen LogP contribution in [-0.2, 0) is 14.3 Å². The molecule has 0 heterocycles. The van der Waals surface area contributed by atoms with E-state index in [1.807, 2.05) is 0 Å². The summed E-state index contributed by atoms with van der Waals surface area (Å²) in [6.45, 7) is 6.04. The van der Waals surface area contributed by atoms with Crippen LogP contribution in [0.2, 0.25) is 0 Å². The number of carbonyl (C=O) groups excluding carboxylic acids is 2. The molecule has 7 aliphatic rings. The topological polar surface area (TPSA) is 55.4 Å².